The van der Waals surface area contributed by atoms with Crippen molar-refractivity contribution in [3.63, 3.8) is 0 Å². The molecule has 0 unspecified atom stereocenters. The monoisotopic (exact) mass is 266 g/mol. The fraction of sp³-hybridized carbons (Fsp3) is 0.417. The molecule has 0 saturated carbocycles. The van der Waals surface area contributed by atoms with E-state index in [4.69, 9.17) is 0 Å². The molecule has 5 nitrogen and oxygen atoms in total. The van der Waals surface area contributed by atoms with E-state index >= 15 is 0 Å². The van der Waals surface area contributed by atoms with Gasteiger partial charge in [-0.25, -0.2) is 8.42 Å². The highest BCUT2D eigenvalue weighted by Gasteiger charge is 2.31. The zero-order valence-electron chi connectivity index (χ0n) is 9.77. The lowest BCUT2D eigenvalue weighted by molar-refractivity contribution is -0.115. The van der Waals surface area contributed by atoms with Crippen LogP contribution in [-0.4, -0.2) is 32.7 Å². The van der Waals surface area contributed by atoms with Crippen LogP contribution in [0.3, 0.4) is 0 Å². The number of benzene rings is 1. The van der Waals surface area contributed by atoms with Gasteiger partial charge in [0, 0.05) is 12.2 Å². The highest BCUT2D eigenvalue weighted by atomic mass is 32.2. The number of rotatable bonds is 2. The summed E-state index contributed by atoms with van der Waals surface area (Å²) in [6, 6.07) is 4.88. The Balaban J connectivity index is 1.98. The maximum Gasteiger partial charge on any atom is 0.228 e. The molecule has 2 heterocycles. The van der Waals surface area contributed by atoms with Crippen molar-refractivity contribution in [2.75, 3.05) is 18.4 Å². The second kappa shape index (κ2) is 4.07. The molecule has 0 aliphatic carbocycles. The summed E-state index contributed by atoms with van der Waals surface area (Å²) in [6.07, 6.45) is 0.915. The maximum absolute atomic E-state index is 12.4. The molecule has 1 amide bonds. The number of fused-ring (bicyclic) bond motifs is 1. The van der Waals surface area contributed by atoms with Crippen LogP contribution >= 0.6 is 0 Å². The number of carbonyl (C=O) groups excluding carboxylic acids is 1. The summed E-state index contributed by atoms with van der Waals surface area (Å²) >= 11 is 0. The summed E-state index contributed by atoms with van der Waals surface area (Å²) in [5.41, 5.74) is 1.50. The Labute approximate surface area is 105 Å². The third-order valence-corrected chi connectivity index (χ3v) is 5.68. The Morgan fingerprint density at radius 1 is 1.28 bits per heavy atom. The zero-order chi connectivity index (χ0) is 12.8. The lowest BCUT2D eigenvalue weighted by Gasteiger charge is -2.11. The van der Waals surface area contributed by atoms with E-state index in [1.807, 2.05) is 0 Å². The summed E-state index contributed by atoms with van der Waals surface area (Å²) in [5.74, 6) is -0.0814. The predicted molar refractivity (Wildman–Crippen MR) is 67.2 cm³/mol. The Bertz CT molecular complexity index is 604. The first kappa shape index (κ1) is 11.7. The minimum Gasteiger partial charge on any atom is -0.326 e. The van der Waals surface area contributed by atoms with E-state index in [9.17, 15) is 13.2 Å². The van der Waals surface area contributed by atoms with Crippen LogP contribution in [-0.2, 0) is 21.1 Å². The smallest absolute Gasteiger partial charge is 0.228 e. The fourth-order valence-electron chi connectivity index (χ4n) is 2.47. The second-order valence-corrected chi connectivity index (χ2v) is 6.93. The van der Waals surface area contributed by atoms with Gasteiger partial charge in [0.2, 0.25) is 5.91 Å². The van der Waals surface area contributed by atoms with Crippen molar-refractivity contribution >= 4 is 21.4 Å². The molecule has 1 atom stereocenters. The minimum absolute atomic E-state index is 0.0814. The quantitative estimate of drug-likeness (QED) is 0.808. The number of hydrogen-bond donors (Lipinski definition) is 2. The number of sulfone groups is 1. The molecular weight excluding hydrogens is 252 g/mol. The molecule has 0 bridgehead atoms. The molecule has 3 rings (SSSR count). The molecule has 1 fully saturated rings. The molecule has 0 spiro atoms. The number of nitrogens with one attached hydrogen (secondary N) is 2. The third kappa shape index (κ3) is 1.81. The molecule has 0 radical (unpaired) electrons. The molecule has 1 aromatic rings. The second-order valence-electron chi connectivity index (χ2n) is 4.70. The van der Waals surface area contributed by atoms with Crippen LogP contribution < -0.4 is 10.6 Å². The van der Waals surface area contributed by atoms with Gasteiger partial charge < -0.3 is 10.6 Å². The first-order valence-corrected chi connectivity index (χ1v) is 7.49. The van der Waals surface area contributed by atoms with Gasteiger partial charge in [-0.3, -0.25) is 4.79 Å². The van der Waals surface area contributed by atoms with Gasteiger partial charge in [-0.15, -0.1) is 0 Å². The van der Waals surface area contributed by atoms with Gasteiger partial charge in [0.25, 0.3) is 0 Å². The van der Waals surface area contributed by atoms with E-state index in [0.717, 1.165) is 17.8 Å². The standard InChI is InChI=1S/C12H14N2O3S/c15-12-6-8-5-9(1-2-11(8)14-12)18(16,17)10-3-4-13-7-10/h1-2,5,10,13H,3-4,6-7H2,(H,14,15)/t10-/m0/s1. The summed E-state index contributed by atoms with van der Waals surface area (Å²) < 4.78 is 24.7. The highest BCUT2D eigenvalue weighted by Crippen LogP contribution is 2.28. The number of amides is 1. The van der Waals surface area contributed by atoms with Gasteiger partial charge in [-0.1, -0.05) is 0 Å². The fourth-order valence-corrected chi connectivity index (χ4v) is 4.18. The molecule has 1 aromatic carbocycles. The minimum atomic E-state index is -3.28. The number of carbonyl (C=O) groups is 1. The van der Waals surface area contributed by atoms with Crippen molar-refractivity contribution in [2.45, 2.75) is 23.0 Å². The van der Waals surface area contributed by atoms with Crippen LogP contribution in [0.15, 0.2) is 23.1 Å². The van der Waals surface area contributed by atoms with E-state index in [1.165, 1.54) is 0 Å². The van der Waals surface area contributed by atoms with E-state index in [-0.39, 0.29) is 17.6 Å². The molecule has 2 N–H and O–H groups in total. The van der Waals surface area contributed by atoms with Crippen LogP contribution in [0.2, 0.25) is 0 Å². The Hall–Kier alpha value is -1.40. The highest BCUT2D eigenvalue weighted by molar-refractivity contribution is 7.92. The van der Waals surface area contributed by atoms with E-state index < -0.39 is 9.84 Å². The van der Waals surface area contributed by atoms with Crippen LogP contribution in [0.1, 0.15) is 12.0 Å². The van der Waals surface area contributed by atoms with Crippen LogP contribution in [0.5, 0.6) is 0 Å². The summed E-state index contributed by atoms with van der Waals surface area (Å²) in [7, 11) is -3.28. The van der Waals surface area contributed by atoms with Gasteiger partial charge >= 0.3 is 0 Å². The first-order chi connectivity index (χ1) is 8.57. The molecule has 2 aliphatic heterocycles. The van der Waals surface area contributed by atoms with Crippen molar-refractivity contribution in [3.8, 4) is 0 Å². The Morgan fingerprint density at radius 2 is 2.11 bits per heavy atom. The first-order valence-electron chi connectivity index (χ1n) is 5.95. The molecule has 6 heteroatoms. The predicted octanol–water partition coefficient (Wildman–Crippen LogP) is 0.317. The van der Waals surface area contributed by atoms with Gasteiger partial charge in [0.05, 0.1) is 16.6 Å². The third-order valence-electron chi connectivity index (χ3n) is 3.48. The van der Waals surface area contributed by atoms with Crippen molar-refractivity contribution in [1.82, 2.24) is 5.32 Å². The molecule has 1 saturated heterocycles. The van der Waals surface area contributed by atoms with Crippen molar-refractivity contribution in [3.05, 3.63) is 23.8 Å². The van der Waals surface area contributed by atoms with Crippen molar-refractivity contribution in [2.24, 2.45) is 0 Å². The summed E-state index contributed by atoms with van der Waals surface area (Å²) in [5, 5.41) is 5.41. The maximum atomic E-state index is 12.4. The average Bonchev–Trinajstić information content (AvgIpc) is 2.95. The lowest BCUT2D eigenvalue weighted by atomic mass is 10.2. The number of anilines is 1. The molecule has 18 heavy (non-hydrogen) atoms. The van der Waals surface area contributed by atoms with Crippen LogP contribution in [0.4, 0.5) is 5.69 Å². The summed E-state index contributed by atoms with van der Waals surface area (Å²) in [6.45, 7) is 1.26. The SMILES string of the molecule is O=C1Cc2cc(S(=O)(=O)[C@H]3CCNC3)ccc2N1. The van der Waals surface area contributed by atoms with E-state index in [0.29, 0.717) is 17.9 Å². The van der Waals surface area contributed by atoms with Crippen LogP contribution in [0, 0.1) is 0 Å². The summed E-state index contributed by atoms with van der Waals surface area (Å²) in [4.78, 5) is 11.6. The lowest BCUT2D eigenvalue weighted by Crippen LogP contribution is -2.24. The Morgan fingerprint density at radius 3 is 2.83 bits per heavy atom. The molecular formula is C12H14N2O3S. The van der Waals surface area contributed by atoms with Crippen molar-refractivity contribution in [1.29, 1.82) is 0 Å². The largest absolute Gasteiger partial charge is 0.326 e. The average molecular weight is 266 g/mol. The number of hydrogen-bond acceptors (Lipinski definition) is 4. The topological polar surface area (TPSA) is 75.3 Å². The van der Waals surface area contributed by atoms with E-state index in [2.05, 4.69) is 10.6 Å². The van der Waals surface area contributed by atoms with Gasteiger partial charge in [-0.05, 0) is 36.7 Å². The zero-order valence-corrected chi connectivity index (χ0v) is 10.6. The van der Waals surface area contributed by atoms with Gasteiger partial charge in [-0.2, -0.15) is 0 Å². The molecule has 0 aromatic heterocycles. The van der Waals surface area contributed by atoms with Crippen molar-refractivity contribution < 1.29 is 13.2 Å². The van der Waals surface area contributed by atoms with E-state index in [1.54, 1.807) is 18.2 Å². The van der Waals surface area contributed by atoms with Gasteiger partial charge in [0.1, 0.15) is 0 Å². The van der Waals surface area contributed by atoms with Gasteiger partial charge in [0.15, 0.2) is 9.84 Å². The normalized spacial score (nSPS) is 22.9. The molecule has 2 aliphatic rings. The Kier molecular flexibility index (Phi) is 2.64. The van der Waals surface area contributed by atoms with Crippen LogP contribution in [0.25, 0.3) is 0 Å². The molecule has 96 valence electrons.